The second-order valence-electron chi connectivity index (χ2n) is 1.86. The van der Waals surface area contributed by atoms with Crippen molar-refractivity contribution in [2.24, 2.45) is 0 Å². The summed E-state index contributed by atoms with van der Waals surface area (Å²) in [6, 6.07) is 0. The molecule has 7 heavy (non-hydrogen) atoms. The van der Waals surface area contributed by atoms with Crippen molar-refractivity contribution in [3.63, 3.8) is 0 Å². The molecule has 0 heterocycles. The highest BCUT2D eigenvalue weighted by Gasteiger charge is 2.05. The fraction of sp³-hybridized carbons (Fsp3) is 0.600. The van der Waals surface area contributed by atoms with Crippen LogP contribution in [0.2, 0.25) is 0 Å². The standard InChI is InChI=1S/C5H8Cl2/c1-5(2,7)3-4-6/h3-4H,1-2H3/b4-3+. The van der Waals surface area contributed by atoms with Gasteiger partial charge in [0, 0.05) is 5.54 Å². The number of halogens is 2. The van der Waals surface area contributed by atoms with Crippen LogP contribution in [0.5, 0.6) is 0 Å². The highest BCUT2D eigenvalue weighted by atomic mass is 35.5. The zero-order valence-electron chi connectivity index (χ0n) is 4.41. The fourth-order valence-electron chi connectivity index (χ4n) is 0.150. The molecule has 0 aromatic rings. The van der Waals surface area contributed by atoms with E-state index in [1.165, 1.54) is 5.54 Å². The maximum atomic E-state index is 5.66. The van der Waals surface area contributed by atoms with Gasteiger partial charge in [-0.25, -0.2) is 0 Å². The zero-order chi connectivity index (χ0) is 5.91. The van der Waals surface area contributed by atoms with Gasteiger partial charge in [-0.1, -0.05) is 17.7 Å². The Bertz CT molecular complexity index is 68.6. The minimum Gasteiger partial charge on any atom is -0.115 e. The van der Waals surface area contributed by atoms with E-state index in [1.54, 1.807) is 6.08 Å². The van der Waals surface area contributed by atoms with E-state index in [-0.39, 0.29) is 4.87 Å². The summed E-state index contributed by atoms with van der Waals surface area (Å²) in [7, 11) is 0. The molecule has 0 spiro atoms. The molecule has 0 aliphatic carbocycles. The highest BCUT2D eigenvalue weighted by Crippen LogP contribution is 2.13. The average molecular weight is 139 g/mol. The van der Waals surface area contributed by atoms with Gasteiger partial charge in [0.2, 0.25) is 0 Å². The Balaban J connectivity index is 3.56. The van der Waals surface area contributed by atoms with Crippen LogP contribution in [0.25, 0.3) is 0 Å². The van der Waals surface area contributed by atoms with Crippen molar-refractivity contribution in [1.29, 1.82) is 0 Å². The van der Waals surface area contributed by atoms with E-state index < -0.39 is 0 Å². The van der Waals surface area contributed by atoms with Crippen molar-refractivity contribution in [2.75, 3.05) is 0 Å². The van der Waals surface area contributed by atoms with Gasteiger partial charge in [0.05, 0.1) is 4.87 Å². The van der Waals surface area contributed by atoms with Crippen LogP contribution in [0.15, 0.2) is 11.6 Å². The second kappa shape index (κ2) is 2.58. The highest BCUT2D eigenvalue weighted by molar-refractivity contribution is 6.28. The molecule has 0 saturated carbocycles. The largest absolute Gasteiger partial charge is 0.115 e. The Hall–Kier alpha value is 0.320. The lowest BCUT2D eigenvalue weighted by molar-refractivity contribution is 0.884. The van der Waals surface area contributed by atoms with Gasteiger partial charge in [0.25, 0.3) is 0 Å². The van der Waals surface area contributed by atoms with Gasteiger partial charge in [-0.3, -0.25) is 0 Å². The Labute approximate surface area is 54.1 Å². The summed E-state index contributed by atoms with van der Waals surface area (Å²) in [5.74, 6) is 0. The third-order valence-electron chi connectivity index (χ3n) is 0.459. The number of hydrogen-bond acceptors (Lipinski definition) is 0. The van der Waals surface area contributed by atoms with Crippen LogP contribution in [-0.2, 0) is 0 Å². The predicted octanol–water partition coefficient (Wildman–Crippen LogP) is 2.76. The van der Waals surface area contributed by atoms with E-state index in [4.69, 9.17) is 23.2 Å². The molecule has 0 aliphatic rings. The summed E-state index contributed by atoms with van der Waals surface area (Å²) in [4.78, 5) is -0.290. The Morgan fingerprint density at radius 2 is 1.86 bits per heavy atom. The van der Waals surface area contributed by atoms with Crippen LogP contribution < -0.4 is 0 Å². The smallest absolute Gasteiger partial charge is 0.0581 e. The number of alkyl halides is 1. The molecule has 42 valence electrons. The van der Waals surface area contributed by atoms with Crippen molar-refractivity contribution < 1.29 is 0 Å². The summed E-state index contributed by atoms with van der Waals surface area (Å²) in [5.41, 5.74) is 1.42. The fourth-order valence-corrected chi connectivity index (χ4v) is 0.592. The maximum absolute atomic E-state index is 5.66. The summed E-state index contributed by atoms with van der Waals surface area (Å²) >= 11 is 10.9. The van der Waals surface area contributed by atoms with Gasteiger partial charge in [-0.15, -0.1) is 11.6 Å². The first-order valence-corrected chi connectivity index (χ1v) is 2.84. The van der Waals surface area contributed by atoms with Crippen LogP contribution in [-0.4, -0.2) is 4.87 Å². The minimum atomic E-state index is -0.290. The molecule has 0 saturated heterocycles. The zero-order valence-corrected chi connectivity index (χ0v) is 5.92. The van der Waals surface area contributed by atoms with E-state index in [9.17, 15) is 0 Å². The molecular formula is C5H8Cl2. The van der Waals surface area contributed by atoms with Crippen molar-refractivity contribution >= 4 is 23.2 Å². The topological polar surface area (TPSA) is 0 Å². The number of allylic oxidation sites excluding steroid dienone is 1. The monoisotopic (exact) mass is 138 g/mol. The van der Waals surface area contributed by atoms with Gasteiger partial charge in [-0.2, -0.15) is 0 Å². The molecule has 0 atom stereocenters. The Kier molecular flexibility index (Phi) is 2.70. The molecule has 0 aromatic heterocycles. The quantitative estimate of drug-likeness (QED) is 0.490. The van der Waals surface area contributed by atoms with Gasteiger partial charge in [-0.05, 0) is 13.8 Å². The minimum absolute atomic E-state index is 0.290. The molecule has 0 nitrogen and oxygen atoms in total. The van der Waals surface area contributed by atoms with Crippen LogP contribution in [0.3, 0.4) is 0 Å². The van der Waals surface area contributed by atoms with E-state index in [0.717, 1.165) is 0 Å². The molecule has 0 N–H and O–H groups in total. The third-order valence-corrected chi connectivity index (χ3v) is 0.711. The van der Waals surface area contributed by atoms with Crippen molar-refractivity contribution in [3.05, 3.63) is 11.6 Å². The van der Waals surface area contributed by atoms with Gasteiger partial charge >= 0.3 is 0 Å². The first-order chi connectivity index (χ1) is 3.06. The second-order valence-corrected chi connectivity index (χ2v) is 3.08. The first-order valence-electron chi connectivity index (χ1n) is 2.03. The van der Waals surface area contributed by atoms with Crippen molar-refractivity contribution in [3.8, 4) is 0 Å². The molecule has 0 radical (unpaired) electrons. The third kappa shape index (κ3) is 6.32. The average Bonchev–Trinajstić information content (AvgIpc) is 1.30. The lowest BCUT2D eigenvalue weighted by Crippen LogP contribution is -2.02. The van der Waals surface area contributed by atoms with Crippen LogP contribution in [0.4, 0.5) is 0 Å². The summed E-state index contributed by atoms with van der Waals surface area (Å²) < 4.78 is 0. The molecule has 0 unspecified atom stereocenters. The van der Waals surface area contributed by atoms with E-state index in [2.05, 4.69) is 0 Å². The van der Waals surface area contributed by atoms with E-state index in [0.29, 0.717) is 0 Å². The molecule has 0 amide bonds. The van der Waals surface area contributed by atoms with E-state index in [1.807, 2.05) is 13.8 Å². The normalized spacial score (nSPS) is 13.1. The van der Waals surface area contributed by atoms with Gasteiger partial charge in [0.1, 0.15) is 0 Å². The number of hydrogen-bond donors (Lipinski definition) is 0. The molecular weight excluding hydrogens is 131 g/mol. The van der Waals surface area contributed by atoms with Crippen molar-refractivity contribution in [1.82, 2.24) is 0 Å². The molecule has 2 heteroatoms. The van der Waals surface area contributed by atoms with Crippen molar-refractivity contribution in [2.45, 2.75) is 18.7 Å². The molecule has 0 rings (SSSR count). The predicted molar refractivity (Wildman–Crippen MR) is 34.9 cm³/mol. The lowest BCUT2D eigenvalue weighted by atomic mass is 10.2. The SMILES string of the molecule is CC(C)(Cl)/C=C/Cl. The van der Waals surface area contributed by atoms with E-state index >= 15 is 0 Å². The lowest BCUT2D eigenvalue weighted by Gasteiger charge is -2.05. The summed E-state index contributed by atoms with van der Waals surface area (Å²) in [5, 5.41) is 0. The molecule has 0 bridgehead atoms. The first kappa shape index (κ1) is 7.32. The Morgan fingerprint density at radius 1 is 1.43 bits per heavy atom. The Morgan fingerprint density at radius 3 is 1.86 bits per heavy atom. The summed E-state index contributed by atoms with van der Waals surface area (Å²) in [6.07, 6.45) is 1.72. The molecule has 0 fully saturated rings. The van der Waals surface area contributed by atoms with Crippen LogP contribution >= 0.6 is 23.2 Å². The molecule has 0 aromatic carbocycles. The van der Waals surface area contributed by atoms with Crippen LogP contribution in [0.1, 0.15) is 13.8 Å². The maximum Gasteiger partial charge on any atom is 0.0581 e. The van der Waals surface area contributed by atoms with Crippen LogP contribution in [0, 0.1) is 0 Å². The van der Waals surface area contributed by atoms with Gasteiger partial charge < -0.3 is 0 Å². The van der Waals surface area contributed by atoms with Gasteiger partial charge in [0.15, 0.2) is 0 Å². The number of rotatable bonds is 1. The molecule has 0 aliphatic heterocycles. The summed E-state index contributed by atoms with van der Waals surface area (Å²) in [6.45, 7) is 3.74.